The average Bonchev–Trinajstić information content (AvgIpc) is 3.20. The number of nitrogens with one attached hydrogen (secondary N) is 1. The Hall–Kier alpha value is -2.54. The molecule has 6 nitrogen and oxygen atoms in total. The second-order valence-electron chi connectivity index (χ2n) is 5.75. The van der Waals surface area contributed by atoms with E-state index in [1.165, 1.54) is 27.3 Å². The minimum absolute atomic E-state index is 0.0492. The number of amides is 1. The number of aromatic nitrogens is 4. The van der Waals surface area contributed by atoms with Crippen LogP contribution in [0.1, 0.15) is 29.7 Å². The van der Waals surface area contributed by atoms with E-state index in [4.69, 9.17) is 0 Å². The summed E-state index contributed by atoms with van der Waals surface area (Å²) < 4.78 is 0. The summed E-state index contributed by atoms with van der Waals surface area (Å²) in [7, 11) is 0. The van der Waals surface area contributed by atoms with Crippen LogP contribution < -0.4 is 5.32 Å². The molecule has 0 saturated carbocycles. The van der Waals surface area contributed by atoms with E-state index in [1.54, 1.807) is 0 Å². The summed E-state index contributed by atoms with van der Waals surface area (Å²) >= 11 is 1.54. The van der Waals surface area contributed by atoms with Crippen LogP contribution in [0.15, 0.2) is 35.7 Å². The number of hydrogen-bond acceptors (Lipinski definition) is 5. The lowest BCUT2D eigenvalue weighted by molar-refractivity contribution is -0.122. The van der Waals surface area contributed by atoms with Gasteiger partial charge in [-0.3, -0.25) is 4.79 Å². The van der Waals surface area contributed by atoms with Gasteiger partial charge in [0.15, 0.2) is 0 Å². The van der Waals surface area contributed by atoms with E-state index in [1.807, 2.05) is 30.5 Å². The molecule has 1 amide bonds. The zero-order valence-corrected chi connectivity index (χ0v) is 14.7. The Morgan fingerprint density at radius 1 is 1.29 bits per heavy atom. The van der Waals surface area contributed by atoms with Crippen LogP contribution in [0, 0.1) is 13.8 Å². The summed E-state index contributed by atoms with van der Waals surface area (Å²) in [6.45, 7) is 6.16. The predicted molar refractivity (Wildman–Crippen MR) is 93.6 cm³/mol. The summed E-state index contributed by atoms with van der Waals surface area (Å²) in [5.74, 6) is 0.399. The first-order valence-corrected chi connectivity index (χ1v) is 8.59. The molecule has 0 aliphatic carbocycles. The van der Waals surface area contributed by atoms with Gasteiger partial charge in [-0.05, 0) is 54.1 Å². The zero-order chi connectivity index (χ0) is 17.1. The third-order valence-corrected chi connectivity index (χ3v) is 4.75. The Morgan fingerprint density at radius 2 is 2.12 bits per heavy atom. The van der Waals surface area contributed by atoms with Crippen molar-refractivity contribution in [3.63, 3.8) is 0 Å². The maximum absolute atomic E-state index is 12.2. The number of nitrogens with zero attached hydrogens (tertiary/aromatic N) is 4. The van der Waals surface area contributed by atoms with Crippen LogP contribution in [-0.2, 0) is 11.3 Å². The Labute approximate surface area is 144 Å². The van der Waals surface area contributed by atoms with Gasteiger partial charge in [0, 0.05) is 0 Å². The fourth-order valence-electron chi connectivity index (χ4n) is 2.35. The van der Waals surface area contributed by atoms with E-state index in [-0.39, 0.29) is 18.5 Å². The van der Waals surface area contributed by atoms with Crippen molar-refractivity contribution in [2.24, 2.45) is 0 Å². The summed E-state index contributed by atoms with van der Waals surface area (Å²) in [5.41, 5.74) is 3.54. The smallest absolute Gasteiger partial charge is 0.244 e. The van der Waals surface area contributed by atoms with Crippen LogP contribution in [0.25, 0.3) is 10.7 Å². The average molecular weight is 341 g/mol. The van der Waals surface area contributed by atoms with E-state index in [2.05, 4.69) is 46.7 Å². The fourth-order valence-corrected chi connectivity index (χ4v) is 3.00. The summed E-state index contributed by atoms with van der Waals surface area (Å²) in [4.78, 5) is 14.5. The van der Waals surface area contributed by atoms with Crippen molar-refractivity contribution in [3.8, 4) is 10.7 Å². The van der Waals surface area contributed by atoms with Crippen molar-refractivity contribution in [2.75, 3.05) is 0 Å². The summed E-state index contributed by atoms with van der Waals surface area (Å²) in [6.07, 6.45) is 0. The van der Waals surface area contributed by atoms with Gasteiger partial charge in [0.05, 0.1) is 10.9 Å². The topological polar surface area (TPSA) is 72.7 Å². The van der Waals surface area contributed by atoms with E-state index in [9.17, 15) is 4.79 Å². The quantitative estimate of drug-likeness (QED) is 0.774. The fraction of sp³-hybridized carbons (Fsp3) is 0.294. The van der Waals surface area contributed by atoms with Crippen LogP contribution in [0.3, 0.4) is 0 Å². The highest BCUT2D eigenvalue weighted by atomic mass is 32.1. The molecule has 0 bridgehead atoms. The third kappa shape index (κ3) is 3.68. The largest absolute Gasteiger partial charge is 0.348 e. The van der Waals surface area contributed by atoms with E-state index in [0.717, 1.165) is 10.4 Å². The molecule has 1 atom stereocenters. The van der Waals surface area contributed by atoms with Gasteiger partial charge in [-0.2, -0.15) is 4.80 Å². The van der Waals surface area contributed by atoms with Gasteiger partial charge < -0.3 is 5.32 Å². The number of rotatable bonds is 5. The number of tetrazole rings is 1. The highest BCUT2D eigenvalue weighted by Gasteiger charge is 2.13. The van der Waals surface area contributed by atoms with Gasteiger partial charge in [0.2, 0.25) is 11.7 Å². The van der Waals surface area contributed by atoms with Crippen molar-refractivity contribution in [1.82, 2.24) is 25.5 Å². The van der Waals surface area contributed by atoms with Crippen LogP contribution >= 0.6 is 11.3 Å². The molecule has 0 aliphatic rings. The standard InChI is InChI=1S/C17H19N5OS/c1-11-6-7-14(9-12(11)2)13(3)18-16(23)10-22-20-17(19-21-22)15-5-4-8-24-15/h4-9,13H,10H2,1-3H3,(H,18,23). The molecule has 2 aromatic heterocycles. The minimum Gasteiger partial charge on any atom is -0.348 e. The van der Waals surface area contributed by atoms with Crippen molar-refractivity contribution in [1.29, 1.82) is 0 Å². The molecule has 0 saturated heterocycles. The van der Waals surface area contributed by atoms with Gasteiger partial charge in [0.25, 0.3) is 0 Å². The normalized spacial score (nSPS) is 12.1. The molecule has 1 N–H and O–H groups in total. The number of thiophene rings is 1. The minimum atomic E-state index is -0.143. The summed E-state index contributed by atoms with van der Waals surface area (Å²) in [6, 6.07) is 9.99. The van der Waals surface area contributed by atoms with Crippen molar-refractivity contribution < 1.29 is 4.79 Å². The summed E-state index contributed by atoms with van der Waals surface area (Å²) in [5, 5.41) is 17.1. The molecule has 124 valence electrons. The van der Waals surface area contributed by atoms with Crippen molar-refractivity contribution in [3.05, 3.63) is 52.4 Å². The van der Waals surface area contributed by atoms with Gasteiger partial charge >= 0.3 is 0 Å². The van der Waals surface area contributed by atoms with Gasteiger partial charge in [-0.15, -0.1) is 21.5 Å². The molecule has 1 unspecified atom stereocenters. The first-order chi connectivity index (χ1) is 11.5. The molecule has 0 fully saturated rings. The maximum atomic E-state index is 12.2. The number of benzene rings is 1. The van der Waals surface area contributed by atoms with Gasteiger partial charge in [0.1, 0.15) is 6.54 Å². The lowest BCUT2D eigenvalue weighted by Crippen LogP contribution is -2.30. The molecular formula is C17H19N5OS. The monoisotopic (exact) mass is 341 g/mol. The van der Waals surface area contributed by atoms with E-state index < -0.39 is 0 Å². The molecular weight excluding hydrogens is 322 g/mol. The molecule has 2 heterocycles. The van der Waals surface area contributed by atoms with Crippen LogP contribution in [-0.4, -0.2) is 26.1 Å². The molecule has 0 radical (unpaired) electrons. The second-order valence-corrected chi connectivity index (χ2v) is 6.70. The zero-order valence-electron chi connectivity index (χ0n) is 13.9. The van der Waals surface area contributed by atoms with Gasteiger partial charge in [-0.1, -0.05) is 24.3 Å². The van der Waals surface area contributed by atoms with E-state index >= 15 is 0 Å². The lowest BCUT2D eigenvalue weighted by Gasteiger charge is -2.15. The number of hydrogen-bond donors (Lipinski definition) is 1. The predicted octanol–water partition coefficient (Wildman–Crippen LogP) is 2.90. The van der Waals surface area contributed by atoms with Crippen LogP contribution in [0.4, 0.5) is 0 Å². The highest BCUT2D eigenvalue weighted by Crippen LogP contribution is 2.19. The van der Waals surface area contributed by atoms with Crippen LogP contribution in [0.2, 0.25) is 0 Å². The van der Waals surface area contributed by atoms with Crippen molar-refractivity contribution >= 4 is 17.2 Å². The molecule has 1 aromatic carbocycles. The SMILES string of the molecule is Cc1ccc(C(C)NC(=O)Cn2nnc(-c3cccs3)n2)cc1C. The number of carbonyl (C=O) groups excluding carboxylic acids is 1. The van der Waals surface area contributed by atoms with Crippen LogP contribution in [0.5, 0.6) is 0 Å². The molecule has 0 spiro atoms. The van der Waals surface area contributed by atoms with E-state index in [0.29, 0.717) is 5.82 Å². The Bertz CT molecular complexity index is 841. The Balaban J connectivity index is 1.62. The first kappa shape index (κ1) is 16.3. The second kappa shape index (κ2) is 6.92. The number of aryl methyl sites for hydroxylation is 2. The molecule has 7 heteroatoms. The Kier molecular flexibility index (Phi) is 4.71. The highest BCUT2D eigenvalue weighted by molar-refractivity contribution is 7.13. The van der Waals surface area contributed by atoms with Crippen molar-refractivity contribution in [2.45, 2.75) is 33.4 Å². The lowest BCUT2D eigenvalue weighted by atomic mass is 10.0. The van der Waals surface area contributed by atoms with Gasteiger partial charge in [-0.25, -0.2) is 0 Å². The molecule has 3 rings (SSSR count). The number of carbonyl (C=O) groups is 1. The molecule has 0 aliphatic heterocycles. The third-order valence-electron chi connectivity index (χ3n) is 3.89. The Morgan fingerprint density at radius 3 is 2.83 bits per heavy atom. The molecule has 24 heavy (non-hydrogen) atoms. The molecule has 3 aromatic rings. The first-order valence-electron chi connectivity index (χ1n) is 7.71. The maximum Gasteiger partial charge on any atom is 0.244 e.